The highest BCUT2D eigenvalue weighted by Gasteiger charge is 2.21. The summed E-state index contributed by atoms with van der Waals surface area (Å²) in [6.07, 6.45) is 2.24. The zero-order valence-corrected chi connectivity index (χ0v) is 10.9. The molecule has 0 aromatic heterocycles. The number of nitrogens with zero attached hydrogens (tertiary/aromatic N) is 1. The molecule has 1 fully saturated rings. The second-order valence-corrected chi connectivity index (χ2v) is 5.58. The Morgan fingerprint density at radius 1 is 1.59 bits per heavy atom. The number of hydrogen-bond acceptors (Lipinski definition) is 4. The first-order valence-corrected chi connectivity index (χ1v) is 7.00. The maximum atomic E-state index is 11.8. The Bertz CT molecular complexity index is 286. The number of amides is 1. The number of carbonyl (C=O) groups is 2. The molecule has 98 valence electrons. The average Bonchev–Trinajstić information content (AvgIpc) is 2.28. The summed E-state index contributed by atoms with van der Waals surface area (Å²) < 4.78 is 0. The zero-order chi connectivity index (χ0) is 12.8. The summed E-state index contributed by atoms with van der Waals surface area (Å²) in [5, 5.41) is 8.60. The average molecular weight is 260 g/mol. The highest BCUT2D eigenvalue weighted by molar-refractivity contribution is 8.00. The van der Waals surface area contributed by atoms with Gasteiger partial charge in [0, 0.05) is 18.8 Å². The number of likely N-dealkylation sites (tertiary alicyclic amines) is 1. The highest BCUT2D eigenvalue weighted by atomic mass is 32.2. The van der Waals surface area contributed by atoms with E-state index in [1.165, 1.54) is 18.2 Å². The predicted octanol–water partition coefficient (Wildman–Crippen LogP) is 0.390. The molecule has 1 rings (SSSR count). The molecule has 17 heavy (non-hydrogen) atoms. The van der Waals surface area contributed by atoms with Crippen molar-refractivity contribution in [3.63, 3.8) is 0 Å². The Hall–Kier alpha value is -0.750. The molecule has 0 aromatic carbocycles. The summed E-state index contributed by atoms with van der Waals surface area (Å²) in [6.45, 7) is 3.80. The van der Waals surface area contributed by atoms with Crippen LogP contribution in [0.1, 0.15) is 19.8 Å². The van der Waals surface area contributed by atoms with Crippen LogP contribution in [0.25, 0.3) is 0 Å². The van der Waals surface area contributed by atoms with Gasteiger partial charge in [-0.15, -0.1) is 11.8 Å². The molecule has 0 saturated carbocycles. The van der Waals surface area contributed by atoms with Crippen LogP contribution in [0, 0.1) is 5.92 Å². The fraction of sp³-hybridized carbons (Fsp3) is 0.818. The van der Waals surface area contributed by atoms with E-state index in [1.54, 1.807) is 0 Å². The van der Waals surface area contributed by atoms with Gasteiger partial charge in [-0.25, -0.2) is 0 Å². The number of hydrogen-bond donors (Lipinski definition) is 2. The van der Waals surface area contributed by atoms with Crippen LogP contribution in [0.4, 0.5) is 0 Å². The molecule has 1 amide bonds. The zero-order valence-electron chi connectivity index (χ0n) is 10.1. The molecule has 0 aromatic rings. The van der Waals surface area contributed by atoms with Crippen molar-refractivity contribution in [3.8, 4) is 0 Å². The predicted molar refractivity (Wildman–Crippen MR) is 67.9 cm³/mol. The molecule has 2 atom stereocenters. The van der Waals surface area contributed by atoms with Crippen LogP contribution < -0.4 is 5.73 Å². The summed E-state index contributed by atoms with van der Waals surface area (Å²) in [7, 11) is 0. The number of aliphatic carboxylic acids is 1. The fourth-order valence-corrected chi connectivity index (χ4v) is 2.72. The van der Waals surface area contributed by atoms with Gasteiger partial charge < -0.3 is 15.7 Å². The number of nitrogens with two attached hydrogens (primary N) is 1. The van der Waals surface area contributed by atoms with Crippen molar-refractivity contribution in [2.24, 2.45) is 11.7 Å². The van der Waals surface area contributed by atoms with Crippen molar-refractivity contribution in [2.45, 2.75) is 25.8 Å². The van der Waals surface area contributed by atoms with E-state index in [1.807, 2.05) is 4.90 Å². The maximum absolute atomic E-state index is 11.8. The SMILES string of the molecule is CC1CCCN(C(=O)CSC[C@H](N)C(=O)O)C1. The number of carboxylic acid groups (broad SMARTS) is 1. The second kappa shape index (κ2) is 6.86. The normalized spacial score (nSPS) is 22.2. The lowest BCUT2D eigenvalue weighted by Crippen LogP contribution is -2.40. The summed E-state index contributed by atoms with van der Waals surface area (Å²) in [4.78, 5) is 24.2. The minimum Gasteiger partial charge on any atom is -0.480 e. The quantitative estimate of drug-likeness (QED) is 0.747. The van der Waals surface area contributed by atoms with Gasteiger partial charge in [0.05, 0.1) is 5.75 Å². The van der Waals surface area contributed by atoms with Crippen molar-refractivity contribution in [1.82, 2.24) is 4.90 Å². The van der Waals surface area contributed by atoms with E-state index in [0.29, 0.717) is 11.7 Å². The minimum absolute atomic E-state index is 0.0964. The third-order valence-electron chi connectivity index (χ3n) is 2.85. The van der Waals surface area contributed by atoms with Gasteiger partial charge in [0.2, 0.25) is 5.91 Å². The first kappa shape index (κ1) is 14.3. The number of piperidine rings is 1. The Morgan fingerprint density at radius 2 is 2.29 bits per heavy atom. The van der Waals surface area contributed by atoms with Gasteiger partial charge in [-0.3, -0.25) is 9.59 Å². The lowest BCUT2D eigenvalue weighted by molar-refractivity contribution is -0.138. The summed E-state index contributed by atoms with van der Waals surface area (Å²) in [6, 6.07) is -0.881. The molecule has 1 heterocycles. The standard InChI is InChI=1S/C11H20N2O3S/c1-8-3-2-4-13(5-8)10(14)7-17-6-9(12)11(15)16/h8-9H,2-7,12H2,1H3,(H,15,16)/t8?,9-/m0/s1. The van der Waals surface area contributed by atoms with E-state index in [4.69, 9.17) is 10.8 Å². The highest BCUT2D eigenvalue weighted by Crippen LogP contribution is 2.16. The molecule has 6 heteroatoms. The van der Waals surface area contributed by atoms with E-state index >= 15 is 0 Å². The van der Waals surface area contributed by atoms with Crippen LogP contribution in [0.15, 0.2) is 0 Å². The summed E-state index contributed by atoms with van der Waals surface area (Å²) in [5.74, 6) is 0.257. The third-order valence-corrected chi connectivity index (χ3v) is 3.90. The van der Waals surface area contributed by atoms with E-state index < -0.39 is 12.0 Å². The number of carbonyl (C=O) groups excluding carboxylic acids is 1. The van der Waals surface area contributed by atoms with Gasteiger partial charge in [0.25, 0.3) is 0 Å². The van der Waals surface area contributed by atoms with Gasteiger partial charge in [-0.2, -0.15) is 0 Å². The molecule has 1 saturated heterocycles. The molecule has 5 nitrogen and oxygen atoms in total. The smallest absolute Gasteiger partial charge is 0.321 e. The summed E-state index contributed by atoms with van der Waals surface area (Å²) in [5.41, 5.74) is 5.36. The van der Waals surface area contributed by atoms with Crippen LogP contribution in [0.2, 0.25) is 0 Å². The molecule has 0 radical (unpaired) electrons. The van der Waals surface area contributed by atoms with Gasteiger partial charge in [-0.05, 0) is 18.8 Å². The van der Waals surface area contributed by atoms with E-state index in [9.17, 15) is 9.59 Å². The summed E-state index contributed by atoms with van der Waals surface area (Å²) >= 11 is 1.30. The number of thioether (sulfide) groups is 1. The van der Waals surface area contributed by atoms with Crippen LogP contribution >= 0.6 is 11.8 Å². The van der Waals surface area contributed by atoms with E-state index in [-0.39, 0.29) is 11.7 Å². The van der Waals surface area contributed by atoms with E-state index in [0.717, 1.165) is 19.5 Å². The van der Waals surface area contributed by atoms with Crippen LogP contribution in [-0.2, 0) is 9.59 Å². The Labute approximate surface area is 106 Å². The topological polar surface area (TPSA) is 83.6 Å². The van der Waals surface area contributed by atoms with Crippen molar-refractivity contribution in [1.29, 1.82) is 0 Å². The van der Waals surface area contributed by atoms with Crippen LogP contribution in [0.3, 0.4) is 0 Å². The maximum Gasteiger partial charge on any atom is 0.321 e. The molecular weight excluding hydrogens is 240 g/mol. The molecule has 0 bridgehead atoms. The number of carboxylic acids is 1. The first-order valence-electron chi connectivity index (χ1n) is 5.84. The van der Waals surface area contributed by atoms with E-state index in [2.05, 4.69) is 6.92 Å². The van der Waals surface area contributed by atoms with Gasteiger partial charge in [0.15, 0.2) is 0 Å². The van der Waals surface area contributed by atoms with Crippen molar-refractivity contribution >= 4 is 23.6 Å². The molecule has 0 spiro atoms. The van der Waals surface area contributed by atoms with Gasteiger partial charge in [0.1, 0.15) is 6.04 Å². The fourth-order valence-electron chi connectivity index (χ4n) is 1.85. The largest absolute Gasteiger partial charge is 0.480 e. The number of rotatable bonds is 5. The lowest BCUT2D eigenvalue weighted by atomic mass is 10.0. The monoisotopic (exact) mass is 260 g/mol. The van der Waals surface area contributed by atoms with Gasteiger partial charge in [-0.1, -0.05) is 6.92 Å². The first-order chi connectivity index (χ1) is 8.00. The van der Waals surface area contributed by atoms with Crippen molar-refractivity contribution in [2.75, 3.05) is 24.6 Å². The Balaban J connectivity index is 2.22. The van der Waals surface area contributed by atoms with Crippen molar-refractivity contribution in [3.05, 3.63) is 0 Å². The molecule has 1 aliphatic rings. The lowest BCUT2D eigenvalue weighted by Gasteiger charge is -2.30. The van der Waals surface area contributed by atoms with Gasteiger partial charge >= 0.3 is 5.97 Å². The molecule has 1 unspecified atom stereocenters. The van der Waals surface area contributed by atoms with Crippen LogP contribution in [0.5, 0.6) is 0 Å². The molecule has 0 aliphatic carbocycles. The molecule has 3 N–H and O–H groups in total. The minimum atomic E-state index is -1.02. The Morgan fingerprint density at radius 3 is 2.88 bits per heavy atom. The Kier molecular flexibility index (Phi) is 5.77. The van der Waals surface area contributed by atoms with Crippen LogP contribution in [-0.4, -0.2) is 52.5 Å². The molecular formula is C11H20N2O3S. The third kappa shape index (κ3) is 4.95. The second-order valence-electron chi connectivity index (χ2n) is 4.55. The molecule has 1 aliphatic heterocycles. The van der Waals surface area contributed by atoms with Crippen molar-refractivity contribution < 1.29 is 14.7 Å².